The van der Waals surface area contributed by atoms with Gasteiger partial charge in [0.15, 0.2) is 5.82 Å². The van der Waals surface area contributed by atoms with E-state index in [4.69, 9.17) is 10.7 Å². The molecular weight excluding hydrogens is 429 g/mol. The molecule has 4 aromatic rings. The number of halogens is 1. The maximum Gasteiger partial charge on any atom is 0.276 e. The molecule has 1 amide bonds. The molecule has 0 saturated carbocycles. The van der Waals surface area contributed by atoms with Crippen molar-refractivity contribution in [2.75, 3.05) is 30.4 Å². The molecule has 1 aliphatic rings. The molecule has 12 heteroatoms. The number of H-pyrrole nitrogens is 2. The number of nitrogens with two attached hydrogens (primary N) is 1. The summed E-state index contributed by atoms with van der Waals surface area (Å²) in [5, 5.41) is 9.57. The van der Waals surface area contributed by atoms with Crippen molar-refractivity contribution in [1.29, 1.82) is 0 Å². The van der Waals surface area contributed by atoms with Gasteiger partial charge in [-0.15, -0.1) is 0 Å². The number of aryl methyl sites for hydroxylation is 1. The van der Waals surface area contributed by atoms with Gasteiger partial charge in [0.2, 0.25) is 0 Å². The monoisotopic (exact) mass is 453 g/mol. The third-order valence-electron chi connectivity index (χ3n) is 5.84. The Hall–Kier alpha value is -3.93. The standard InChI is InChI=1S/C21H24FN9O2/c1-24-14-6-10(22)5-12-16-18(28-17(12)14)26-15(27-19(16)31-4-3-11(23)8-31)7-25-20(32)13-9-30(2)29-21(13)33/h5-6,9,11,24H,3-4,7-8,23H2,1-2H3,(H,25,32)(H,29,33)(H,26,27,28). The van der Waals surface area contributed by atoms with Gasteiger partial charge in [-0.05, 0) is 18.6 Å². The lowest BCUT2D eigenvalue weighted by atomic mass is 10.1. The lowest BCUT2D eigenvalue weighted by Gasteiger charge is -2.19. The summed E-state index contributed by atoms with van der Waals surface area (Å²) in [5.41, 5.74) is 7.50. The maximum absolute atomic E-state index is 14.3. The molecule has 0 aliphatic carbocycles. The first-order valence-electron chi connectivity index (χ1n) is 10.6. The van der Waals surface area contributed by atoms with Crippen molar-refractivity contribution in [2.24, 2.45) is 12.8 Å². The fraction of sp³-hybridized carbons (Fsp3) is 0.333. The van der Waals surface area contributed by atoms with Crippen LogP contribution in [0.2, 0.25) is 0 Å². The van der Waals surface area contributed by atoms with Crippen LogP contribution in [0.4, 0.5) is 15.9 Å². The first kappa shape index (κ1) is 20.9. The number of aromatic amines is 2. The number of nitrogens with one attached hydrogen (secondary N) is 4. The zero-order valence-electron chi connectivity index (χ0n) is 18.2. The molecule has 33 heavy (non-hydrogen) atoms. The predicted molar refractivity (Wildman–Crippen MR) is 123 cm³/mol. The number of fused-ring (bicyclic) bond motifs is 3. The number of amides is 1. The summed E-state index contributed by atoms with van der Waals surface area (Å²) in [6.45, 7) is 1.33. The van der Waals surface area contributed by atoms with Crippen LogP contribution in [-0.2, 0) is 13.6 Å². The zero-order valence-corrected chi connectivity index (χ0v) is 18.2. The summed E-state index contributed by atoms with van der Waals surface area (Å²) in [5.74, 6) is 0.0908. The van der Waals surface area contributed by atoms with E-state index in [9.17, 15) is 14.0 Å². The predicted octanol–water partition coefficient (Wildman–Crippen LogP) is 0.786. The molecule has 11 nitrogen and oxygen atoms in total. The average Bonchev–Trinajstić information content (AvgIpc) is 3.47. The molecule has 0 radical (unpaired) electrons. The number of hydrogen-bond donors (Lipinski definition) is 5. The van der Waals surface area contributed by atoms with Crippen molar-refractivity contribution in [3.05, 3.63) is 45.9 Å². The third kappa shape index (κ3) is 3.67. The number of aromatic nitrogens is 5. The minimum absolute atomic E-state index is 0.00377. The van der Waals surface area contributed by atoms with Gasteiger partial charge in [0, 0.05) is 44.8 Å². The molecule has 4 heterocycles. The Bertz CT molecular complexity index is 1440. The van der Waals surface area contributed by atoms with Gasteiger partial charge in [0.05, 0.1) is 23.1 Å². The van der Waals surface area contributed by atoms with E-state index in [0.717, 1.165) is 6.42 Å². The van der Waals surface area contributed by atoms with Crippen molar-refractivity contribution < 1.29 is 9.18 Å². The number of benzene rings is 1. The SMILES string of the molecule is CNc1cc(F)cc2c1[nH]c1nc(CNC(=O)c3cn(C)[nH]c3=O)nc(N3CCC(N)C3)c12. The van der Waals surface area contributed by atoms with Crippen molar-refractivity contribution in [2.45, 2.75) is 19.0 Å². The largest absolute Gasteiger partial charge is 0.386 e. The number of nitrogens with zero attached hydrogens (tertiary/aromatic N) is 4. The van der Waals surface area contributed by atoms with Crippen molar-refractivity contribution in [1.82, 2.24) is 30.0 Å². The van der Waals surface area contributed by atoms with Gasteiger partial charge in [-0.1, -0.05) is 0 Å². The van der Waals surface area contributed by atoms with E-state index in [1.807, 2.05) is 0 Å². The Morgan fingerprint density at radius 2 is 2.18 bits per heavy atom. The molecule has 1 aliphatic heterocycles. The van der Waals surface area contributed by atoms with Gasteiger partial charge in [0.1, 0.15) is 22.8 Å². The van der Waals surface area contributed by atoms with E-state index in [1.165, 1.54) is 23.0 Å². The average molecular weight is 453 g/mol. The second-order valence-electron chi connectivity index (χ2n) is 8.21. The molecule has 1 atom stereocenters. The van der Waals surface area contributed by atoms with E-state index in [1.54, 1.807) is 14.1 Å². The van der Waals surface area contributed by atoms with E-state index in [0.29, 0.717) is 52.4 Å². The molecule has 1 aromatic carbocycles. The summed E-state index contributed by atoms with van der Waals surface area (Å²) in [7, 11) is 3.35. The normalized spacial score (nSPS) is 16.1. The van der Waals surface area contributed by atoms with Gasteiger partial charge in [-0.25, -0.2) is 14.4 Å². The Balaban J connectivity index is 1.58. The summed E-state index contributed by atoms with van der Waals surface area (Å²) in [6, 6.07) is 2.88. The Labute approximate surface area is 187 Å². The highest BCUT2D eigenvalue weighted by molar-refractivity contribution is 6.14. The molecule has 5 rings (SSSR count). The quantitative estimate of drug-likeness (QED) is 0.300. The second-order valence-corrected chi connectivity index (χ2v) is 8.21. The van der Waals surface area contributed by atoms with E-state index >= 15 is 0 Å². The van der Waals surface area contributed by atoms with Crippen LogP contribution in [0.1, 0.15) is 22.6 Å². The third-order valence-corrected chi connectivity index (χ3v) is 5.84. The van der Waals surface area contributed by atoms with Gasteiger partial charge < -0.3 is 26.3 Å². The number of anilines is 2. The minimum Gasteiger partial charge on any atom is -0.386 e. The minimum atomic E-state index is -0.526. The van der Waals surface area contributed by atoms with Crippen LogP contribution in [0.5, 0.6) is 0 Å². The molecule has 0 bridgehead atoms. The fourth-order valence-electron chi connectivity index (χ4n) is 4.30. The Morgan fingerprint density at radius 3 is 2.85 bits per heavy atom. The van der Waals surface area contributed by atoms with Crippen LogP contribution in [0.25, 0.3) is 21.9 Å². The van der Waals surface area contributed by atoms with Crippen LogP contribution in [-0.4, -0.2) is 56.8 Å². The molecule has 1 saturated heterocycles. The number of carbonyl (C=O) groups is 1. The molecular formula is C21H24FN9O2. The van der Waals surface area contributed by atoms with Gasteiger partial charge >= 0.3 is 0 Å². The van der Waals surface area contributed by atoms with Crippen LogP contribution in [0.15, 0.2) is 23.1 Å². The molecule has 0 spiro atoms. The molecule has 1 unspecified atom stereocenters. The Morgan fingerprint density at radius 1 is 1.36 bits per heavy atom. The Kier molecular flexibility index (Phi) is 5.01. The molecule has 172 valence electrons. The lowest BCUT2D eigenvalue weighted by molar-refractivity contribution is 0.0949. The molecule has 6 N–H and O–H groups in total. The fourth-order valence-corrected chi connectivity index (χ4v) is 4.30. The number of hydrogen-bond acceptors (Lipinski definition) is 7. The zero-order chi connectivity index (χ0) is 23.3. The van der Waals surface area contributed by atoms with Crippen molar-refractivity contribution in [3.63, 3.8) is 0 Å². The van der Waals surface area contributed by atoms with E-state index < -0.39 is 11.5 Å². The molecule has 3 aromatic heterocycles. The summed E-state index contributed by atoms with van der Waals surface area (Å²) < 4.78 is 15.8. The summed E-state index contributed by atoms with van der Waals surface area (Å²) >= 11 is 0. The van der Waals surface area contributed by atoms with E-state index in [-0.39, 0.29) is 24.0 Å². The maximum atomic E-state index is 14.3. The van der Waals surface area contributed by atoms with Gasteiger partial charge in [-0.3, -0.25) is 19.4 Å². The van der Waals surface area contributed by atoms with Crippen molar-refractivity contribution in [3.8, 4) is 0 Å². The first-order valence-corrected chi connectivity index (χ1v) is 10.6. The second kappa shape index (κ2) is 7.89. The van der Waals surface area contributed by atoms with Crippen LogP contribution < -0.4 is 26.8 Å². The number of rotatable bonds is 5. The smallest absolute Gasteiger partial charge is 0.276 e. The van der Waals surface area contributed by atoms with Crippen LogP contribution in [0.3, 0.4) is 0 Å². The highest BCUT2D eigenvalue weighted by Crippen LogP contribution is 2.36. The van der Waals surface area contributed by atoms with Crippen LogP contribution >= 0.6 is 0 Å². The summed E-state index contributed by atoms with van der Waals surface area (Å²) in [6.07, 6.45) is 2.23. The molecule has 1 fully saturated rings. The van der Waals surface area contributed by atoms with Gasteiger partial charge in [-0.2, -0.15) is 0 Å². The van der Waals surface area contributed by atoms with Gasteiger partial charge in [0.25, 0.3) is 11.5 Å². The topological polar surface area (TPSA) is 150 Å². The lowest BCUT2D eigenvalue weighted by Crippen LogP contribution is -2.29. The highest BCUT2D eigenvalue weighted by atomic mass is 19.1. The van der Waals surface area contributed by atoms with E-state index in [2.05, 4.69) is 30.6 Å². The number of carbonyl (C=O) groups excluding carboxylic acids is 1. The summed E-state index contributed by atoms with van der Waals surface area (Å²) in [4.78, 5) is 39.0. The first-order chi connectivity index (χ1) is 15.8. The van der Waals surface area contributed by atoms with Crippen LogP contribution in [0, 0.1) is 5.82 Å². The van der Waals surface area contributed by atoms with Crippen molar-refractivity contribution >= 4 is 39.3 Å². The highest BCUT2D eigenvalue weighted by Gasteiger charge is 2.26.